The second-order valence-corrected chi connectivity index (χ2v) is 19.0. The van der Waals surface area contributed by atoms with E-state index in [0.29, 0.717) is 19.3 Å². The lowest BCUT2D eigenvalue weighted by Gasteiger charge is -2.18. The molecule has 6 nitrogen and oxygen atoms in total. The van der Waals surface area contributed by atoms with Crippen molar-refractivity contribution >= 4 is 17.9 Å². The predicted molar refractivity (Wildman–Crippen MR) is 247 cm³/mol. The molecule has 0 amide bonds. The van der Waals surface area contributed by atoms with Gasteiger partial charge in [-0.25, -0.2) is 0 Å². The summed E-state index contributed by atoms with van der Waals surface area (Å²) in [5.41, 5.74) is 0. The Morgan fingerprint density at radius 2 is 0.603 bits per heavy atom. The number of hydrogen-bond donors (Lipinski definition) is 0. The zero-order chi connectivity index (χ0) is 42.7. The highest BCUT2D eigenvalue weighted by molar-refractivity contribution is 5.71. The highest BCUT2D eigenvalue weighted by Gasteiger charge is 2.19. The minimum atomic E-state index is -0.763. The predicted octanol–water partition coefficient (Wildman–Crippen LogP) is 16.4. The minimum absolute atomic E-state index is 0.0658. The van der Waals surface area contributed by atoms with Crippen LogP contribution in [-0.4, -0.2) is 37.2 Å². The standard InChI is InChI=1S/C52H100O6/c1-7-48(6)40-34-28-21-17-14-15-19-23-30-36-42-51(54)57-45-49(58-52(55)43-37-31-25-24-27-33-39-47(4)5)44-56-50(53)41-35-29-22-18-13-11-9-8-10-12-16-20-26-32-38-46(2)3/h46-49H,7-45H2,1-6H3/t48?,49-/m1/s1. The maximum Gasteiger partial charge on any atom is 0.306 e. The third-order valence-electron chi connectivity index (χ3n) is 12.0. The largest absolute Gasteiger partial charge is 0.462 e. The Morgan fingerprint density at radius 1 is 0.345 bits per heavy atom. The Balaban J connectivity index is 4.25. The average molecular weight is 821 g/mol. The van der Waals surface area contributed by atoms with Gasteiger partial charge in [-0.05, 0) is 37.0 Å². The van der Waals surface area contributed by atoms with E-state index in [2.05, 4.69) is 41.5 Å². The number of carbonyl (C=O) groups excluding carboxylic acids is 3. The van der Waals surface area contributed by atoms with Gasteiger partial charge in [0.2, 0.25) is 0 Å². The summed E-state index contributed by atoms with van der Waals surface area (Å²) < 4.78 is 16.8. The Hall–Kier alpha value is -1.59. The van der Waals surface area contributed by atoms with E-state index in [1.165, 1.54) is 161 Å². The summed E-state index contributed by atoms with van der Waals surface area (Å²) in [5, 5.41) is 0. The van der Waals surface area contributed by atoms with Crippen LogP contribution in [0.2, 0.25) is 0 Å². The Bertz CT molecular complexity index is 900. The summed E-state index contributed by atoms with van der Waals surface area (Å²) in [6.07, 6.45) is 42.4. The van der Waals surface area contributed by atoms with Gasteiger partial charge in [0.25, 0.3) is 0 Å². The van der Waals surface area contributed by atoms with Crippen molar-refractivity contribution in [2.75, 3.05) is 13.2 Å². The lowest BCUT2D eigenvalue weighted by Crippen LogP contribution is -2.30. The highest BCUT2D eigenvalue weighted by atomic mass is 16.6. The number of ether oxygens (including phenoxy) is 3. The Kier molecular flexibility index (Phi) is 42.3. The van der Waals surface area contributed by atoms with Gasteiger partial charge in [0.1, 0.15) is 13.2 Å². The molecule has 58 heavy (non-hydrogen) atoms. The van der Waals surface area contributed by atoms with E-state index in [-0.39, 0.29) is 31.1 Å². The van der Waals surface area contributed by atoms with Crippen LogP contribution in [0.5, 0.6) is 0 Å². The second kappa shape index (κ2) is 43.5. The van der Waals surface area contributed by atoms with Crippen LogP contribution in [0.25, 0.3) is 0 Å². The van der Waals surface area contributed by atoms with Crippen molar-refractivity contribution in [2.24, 2.45) is 17.8 Å². The molecule has 0 aromatic rings. The minimum Gasteiger partial charge on any atom is -0.462 e. The molecule has 0 aromatic carbocycles. The molecule has 0 heterocycles. The first kappa shape index (κ1) is 56.4. The van der Waals surface area contributed by atoms with E-state index >= 15 is 0 Å². The number of carbonyl (C=O) groups is 3. The Labute approximate surface area is 361 Å². The van der Waals surface area contributed by atoms with Gasteiger partial charge in [-0.2, -0.15) is 0 Å². The van der Waals surface area contributed by atoms with Crippen LogP contribution < -0.4 is 0 Å². The molecule has 6 heteroatoms. The maximum absolute atomic E-state index is 12.7. The van der Waals surface area contributed by atoms with Crippen molar-refractivity contribution in [1.82, 2.24) is 0 Å². The molecule has 0 aliphatic heterocycles. The molecule has 0 N–H and O–H groups in total. The molecule has 0 fully saturated rings. The molecule has 1 unspecified atom stereocenters. The lowest BCUT2D eigenvalue weighted by molar-refractivity contribution is -0.167. The van der Waals surface area contributed by atoms with E-state index in [0.717, 1.165) is 75.5 Å². The van der Waals surface area contributed by atoms with Gasteiger partial charge in [0.15, 0.2) is 6.10 Å². The van der Waals surface area contributed by atoms with Crippen LogP contribution in [0.3, 0.4) is 0 Å². The fourth-order valence-corrected chi connectivity index (χ4v) is 7.73. The molecule has 344 valence electrons. The molecule has 0 aromatic heterocycles. The van der Waals surface area contributed by atoms with E-state index < -0.39 is 6.10 Å². The van der Waals surface area contributed by atoms with Crippen LogP contribution >= 0.6 is 0 Å². The van der Waals surface area contributed by atoms with Gasteiger partial charge in [-0.1, -0.05) is 241 Å². The van der Waals surface area contributed by atoms with Crippen molar-refractivity contribution in [2.45, 2.75) is 285 Å². The molecule has 0 saturated carbocycles. The maximum atomic E-state index is 12.7. The first-order valence-corrected chi connectivity index (χ1v) is 25.6. The van der Waals surface area contributed by atoms with Crippen LogP contribution in [0.4, 0.5) is 0 Å². The first-order chi connectivity index (χ1) is 28.1. The fraction of sp³-hybridized carbons (Fsp3) is 0.942. The summed E-state index contributed by atoms with van der Waals surface area (Å²) >= 11 is 0. The van der Waals surface area contributed by atoms with E-state index in [1.54, 1.807) is 0 Å². The van der Waals surface area contributed by atoms with E-state index in [4.69, 9.17) is 14.2 Å². The zero-order valence-electron chi connectivity index (χ0n) is 39.8. The molecule has 0 bridgehead atoms. The number of unbranched alkanes of at least 4 members (excludes halogenated alkanes) is 27. The van der Waals surface area contributed by atoms with Gasteiger partial charge in [0, 0.05) is 19.3 Å². The monoisotopic (exact) mass is 821 g/mol. The molecule has 0 rings (SSSR count). The van der Waals surface area contributed by atoms with Gasteiger partial charge in [-0.3, -0.25) is 14.4 Å². The van der Waals surface area contributed by atoms with Gasteiger partial charge < -0.3 is 14.2 Å². The molecule has 0 aliphatic carbocycles. The second-order valence-electron chi connectivity index (χ2n) is 19.0. The third kappa shape index (κ3) is 44.0. The van der Waals surface area contributed by atoms with Crippen LogP contribution in [0.15, 0.2) is 0 Å². The average Bonchev–Trinajstić information content (AvgIpc) is 3.19. The van der Waals surface area contributed by atoms with E-state index in [9.17, 15) is 14.4 Å². The van der Waals surface area contributed by atoms with Gasteiger partial charge >= 0.3 is 17.9 Å². The topological polar surface area (TPSA) is 78.9 Å². The summed E-state index contributed by atoms with van der Waals surface area (Å²) in [6.45, 7) is 13.7. The molecular formula is C52H100O6. The summed E-state index contributed by atoms with van der Waals surface area (Å²) in [7, 11) is 0. The summed E-state index contributed by atoms with van der Waals surface area (Å²) in [6, 6.07) is 0. The first-order valence-electron chi connectivity index (χ1n) is 25.6. The molecule has 0 saturated heterocycles. The van der Waals surface area contributed by atoms with Crippen molar-refractivity contribution in [3.05, 3.63) is 0 Å². The van der Waals surface area contributed by atoms with Crippen molar-refractivity contribution < 1.29 is 28.6 Å². The van der Waals surface area contributed by atoms with Crippen LogP contribution in [0.1, 0.15) is 279 Å². The van der Waals surface area contributed by atoms with Crippen molar-refractivity contribution in [3.63, 3.8) is 0 Å². The third-order valence-corrected chi connectivity index (χ3v) is 12.0. The smallest absolute Gasteiger partial charge is 0.306 e. The molecule has 2 atom stereocenters. The number of hydrogen-bond acceptors (Lipinski definition) is 6. The van der Waals surface area contributed by atoms with Crippen molar-refractivity contribution in [1.29, 1.82) is 0 Å². The normalized spacial score (nSPS) is 12.6. The molecular weight excluding hydrogens is 721 g/mol. The Morgan fingerprint density at radius 3 is 0.897 bits per heavy atom. The quantitative estimate of drug-likeness (QED) is 0.0346. The molecule has 0 radical (unpaired) electrons. The van der Waals surface area contributed by atoms with Gasteiger partial charge in [0.05, 0.1) is 0 Å². The van der Waals surface area contributed by atoms with Gasteiger partial charge in [-0.15, -0.1) is 0 Å². The summed E-state index contributed by atoms with van der Waals surface area (Å²) in [5.74, 6) is 1.61. The zero-order valence-corrected chi connectivity index (χ0v) is 39.8. The lowest BCUT2D eigenvalue weighted by atomic mass is 9.99. The van der Waals surface area contributed by atoms with Crippen LogP contribution in [-0.2, 0) is 28.6 Å². The fourth-order valence-electron chi connectivity index (χ4n) is 7.73. The number of rotatable bonds is 45. The van der Waals surface area contributed by atoms with E-state index in [1.807, 2.05) is 0 Å². The molecule has 0 spiro atoms. The number of esters is 3. The SMILES string of the molecule is CCC(C)CCCCCCCCCCCCC(=O)OC[C@@H](COC(=O)CCCCCCCCCCCCCCCCC(C)C)OC(=O)CCCCCCCCC(C)C. The van der Waals surface area contributed by atoms with Crippen LogP contribution in [0, 0.1) is 17.8 Å². The summed E-state index contributed by atoms with van der Waals surface area (Å²) in [4.78, 5) is 37.9. The molecule has 0 aliphatic rings. The van der Waals surface area contributed by atoms with Crippen molar-refractivity contribution in [3.8, 4) is 0 Å². The highest BCUT2D eigenvalue weighted by Crippen LogP contribution is 2.18.